The van der Waals surface area contributed by atoms with Crippen molar-refractivity contribution in [2.24, 2.45) is 0 Å². The lowest BCUT2D eigenvalue weighted by Crippen LogP contribution is -2.00. The molecular weight excluding hydrogens is 555 g/mol. The first-order valence-electron chi connectivity index (χ1n) is 15.9. The van der Waals surface area contributed by atoms with E-state index in [9.17, 15) is 0 Å². The number of nitrogens with zero attached hydrogens (tertiary/aromatic N) is 3. The maximum Gasteiger partial charge on any atom is 0.168 e. The molecule has 3 nitrogen and oxygen atoms in total. The number of thiophene rings is 1. The van der Waals surface area contributed by atoms with Crippen molar-refractivity contribution >= 4 is 31.5 Å². The fourth-order valence-electron chi connectivity index (χ4n) is 6.13. The number of unbranched alkanes of at least 4 members (excludes halogenated alkanes) is 2. The number of benzene rings is 5. The maximum atomic E-state index is 4.71. The molecule has 2 heterocycles. The van der Waals surface area contributed by atoms with Crippen LogP contribution >= 0.6 is 11.3 Å². The predicted molar refractivity (Wildman–Crippen MR) is 188 cm³/mol. The first kappa shape index (κ1) is 28.2. The highest BCUT2D eigenvalue weighted by Crippen LogP contribution is 2.42. The molecule has 5 aromatic carbocycles. The van der Waals surface area contributed by atoms with Gasteiger partial charge in [-0.05, 0) is 84.3 Å². The van der Waals surface area contributed by atoms with E-state index in [-0.39, 0.29) is 0 Å². The minimum absolute atomic E-state index is 0.838. The largest absolute Gasteiger partial charge is 0.275 e. The molecule has 7 rings (SSSR count). The van der Waals surface area contributed by atoms with Gasteiger partial charge in [-0.3, -0.25) is 4.57 Å². The summed E-state index contributed by atoms with van der Waals surface area (Å²) in [5, 5.41) is 12.2. The summed E-state index contributed by atoms with van der Waals surface area (Å²) in [5.74, 6) is 1.68. The van der Waals surface area contributed by atoms with Gasteiger partial charge in [0.05, 0.1) is 0 Å². The summed E-state index contributed by atoms with van der Waals surface area (Å²) in [4.78, 5) is 0. The van der Waals surface area contributed by atoms with E-state index in [2.05, 4.69) is 115 Å². The first-order valence-corrected chi connectivity index (χ1v) is 16.7. The molecule has 2 aromatic heterocycles. The van der Waals surface area contributed by atoms with E-state index >= 15 is 0 Å². The second kappa shape index (κ2) is 12.6. The highest BCUT2D eigenvalue weighted by molar-refractivity contribution is 7.26. The monoisotopic (exact) mass is 591 g/mol. The number of para-hydroxylation sites is 1. The maximum absolute atomic E-state index is 4.71. The third-order valence-electron chi connectivity index (χ3n) is 8.50. The molecule has 0 aliphatic carbocycles. The van der Waals surface area contributed by atoms with Gasteiger partial charge < -0.3 is 0 Å². The van der Waals surface area contributed by atoms with E-state index < -0.39 is 0 Å². The molecular formula is C40H37N3S. The number of rotatable bonds is 10. The molecule has 4 heteroatoms. The number of hydrogen-bond acceptors (Lipinski definition) is 3. The molecule has 0 aliphatic rings. The van der Waals surface area contributed by atoms with Gasteiger partial charge in [-0.2, -0.15) is 0 Å². The van der Waals surface area contributed by atoms with E-state index in [4.69, 9.17) is 5.10 Å². The molecule has 0 saturated heterocycles. The van der Waals surface area contributed by atoms with Crippen LogP contribution in [0.1, 0.15) is 50.7 Å². The fourth-order valence-corrected chi connectivity index (χ4v) is 7.33. The lowest BCUT2D eigenvalue weighted by molar-refractivity contribution is 0.795. The zero-order valence-electron chi connectivity index (χ0n) is 25.5. The highest BCUT2D eigenvalue weighted by atomic mass is 32.1. The molecule has 0 aliphatic heterocycles. The van der Waals surface area contributed by atoms with Gasteiger partial charge >= 0.3 is 0 Å². The first-order chi connectivity index (χ1) is 21.7. The van der Waals surface area contributed by atoms with Crippen LogP contribution in [0.3, 0.4) is 0 Å². The molecule has 0 unspecified atom stereocenters. The molecule has 0 saturated carbocycles. The predicted octanol–water partition coefficient (Wildman–Crippen LogP) is 11.3. The standard InChI is InChI=1S/C40H37N3S/c1-3-5-13-28-19-24-37-35(25-28)36-27-29(14-6-4-2)26-34(38(36)44-37)30-20-22-32(23-21-30)40-42-41-39(31-15-9-7-10-16-31)43(40)33-17-11-8-12-18-33/h7-12,15-27H,3-6,13-14H2,1-2H3. The Labute approximate surface area is 263 Å². The number of hydrogen-bond donors (Lipinski definition) is 0. The fraction of sp³-hybridized carbons (Fsp3) is 0.200. The summed E-state index contributed by atoms with van der Waals surface area (Å²) in [5.41, 5.74) is 8.57. The molecule has 0 fully saturated rings. The second-order valence-electron chi connectivity index (χ2n) is 11.6. The van der Waals surface area contributed by atoms with Crippen molar-refractivity contribution in [1.29, 1.82) is 0 Å². The summed E-state index contributed by atoms with van der Waals surface area (Å²) in [7, 11) is 0. The minimum Gasteiger partial charge on any atom is -0.275 e. The van der Waals surface area contributed by atoms with Crippen molar-refractivity contribution in [3.63, 3.8) is 0 Å². The van der Waals surface area contributed by atoms with Gasteiger partial charge in [-0.1, -0.05) is 106 Å². The summed E-state index contributed by atoms with van der Waals surface area (Å²) in [6.45, 7) is 4.54. The van der Waals surface area contributed by atoms with E-state index in [1.54, 1.807) is 0 Å². The van der Waals surface area contributed by atoms with Crippen LogP contribution in [-0.4, -0.2) is 14.8 Å². The molecule has 7 aromatic rings. The molecule has 0 radical (unpaired) electrons. The average molecular weight is 592 g/mol. The van der Waals surface area contributed by atoms with Gasteiger partial charge in [0, 0.05) is 37.0 Å². The Morgan fingerprint density at radius 2 is 1.16 bits per heavy atom. The quantitative estimate of drug-likeness (QED) is 0.158. The summed E-state index contributed by atoms with van der Waals surface area (Å²) in [6.07, 6.45) is 7.10. The van der Waals surface area contributed by atoms with Gasteiger partial charge in [-0.25, -0.2) is 0 Å². The van der Waals surface area contributed by atoms with Crippen LogP contribution in [0.5, 0.6) is 0 Å². The Morgan fingerprint density at radius 1 is 0.568 bits per heavy atom. The Kier molecular flexibility index (Phi) is 8.08. The molecule has 218 valence electrons. The zero-order valence-corrected chi connectivity index (χ0v) is 26.3. The SMILES string of the molecule is CCCCc1ccc2sc3c(-c4ccc(-c5nnc(-c6ccccc6)n5-c5ccccc5)cc4)cc(CCCC)cc3c2c1. The summed E-state index contributed by atoms with van der Waals surface area (Å²) in [6, 6.07) is 41.6. The van der Waals surface area contributed by atoms with Crippen LogP contribution in [0.25, 0.3) is 59.8 Å². The van der Waals surface area contributed by atoms with Crippen LogP contribution in [-0.2, 0) is 12.8 Å². The molecule has 0 amide bonds. The van der Waals surface area contributed by atoms with Crippen molar-refractivity contribution in [2.45, 2.75) is 52.4 Å². The van der Waals surface area contributed by atoms with Gasteiger partial charge in [-0.15, -0.1) is 21.5 Å². The lowest BCUT2D eigenvalue weighted by Gasteiger charge is -2.12. The van der Waals surface area contributed by atoms with E-state index in [1.165, 1.54) is 68.1 Å². The van der Waals surface area contributed by atoms with Crippen molar-refractivity contribution in [3.8, 4) is 39.6 Å². The van der Waals surface area contributed by atoms with Gasteiger partial charge in [0.25, 0.3) is 0 Å². The third-order valence-corrected chi connectivity index (χ3v) is 9.72. The van der Waals surface area contributed by atoms with Crippen LogP contribution in [0, 0.1) is 0 Å². The van der Waals surface area contributed by atoms with Gasteiger partial charge in [0.1, 0.15) is 0 Å². The van der Waals surface area contributed by atoms with E-state index in [0.29, 0.717) is 0 Å². The second-order valence-corrected chi connectivity index (χ2v) is 12.7. The molecule has 0 atom stereocenters. The van der Waals surface area contributed by atoms with Gasteiger partial charge in [0.15, 0.2) is 11.6 Å². The third kappa shape index (κ3) is 5.46. The molecule has 0 spiro atoms. The Balaban J connectivity index is 1.33. The summed E-state index contributed by atoms with van der Waals surface area (Å²) >= 11 is 1.92. The van der Waals surface area contributed by atoms with Crippen LogP contribution in [0.4, 0.5) is 0 Å². The minimum atomic E-state index is 0.838. The Bertz CT molecular complexity index is 2020. The molecule has 44 heavy (non-hydrogen) atoms. The van der Waals surface area contributed by atoms with E-state index in [0.717, 1.165) is 41.3 Å². The van der Waals surface area contributed by atoms with Gasteiger partial charge in [0.2, 0.25) is 0 Å². The van der Waals surface area contributed by atoms with Crippen molar-refractivity contribution < 1.29 is 0 Å². The van der Waals surface area contributed by atoms with Crippen LogP contribution < -0.4 is 0 Å². The number of fused-ring (bicyclic) bond motifs is 3. The molecule has 0 N–H and O–H groups in total. The van der Waals surface area contributed by atoms with Crippen molar-refractivity contribution in [3.05, 3.63) is 126 Å². The number of aromatic nitrogens is 3. The topological polar surface area (TPSA) is 30.7 Å². The normalized spacial score (nSPS) is 11.5. The van der Waals surface area contributed by atoms with Crippen LogP contribution in [0.2, 0.25) is 0 Å². The zero-order chi connectivity index (χ0) is 29.9. The van der Waals surface area contributed by atoms with Crippen molar-refractivity contribution in [1.82, 2.24) is 14.8 Å². The Hall–Kier alpha value is -4.54. The Morgan fingerprint density at radius 3 is 1.84 bits per heavy atom. The van der Waals surface area contributed by atoms with Crippen molar-refractivity contribution in [2.75, 3.05) is 0 Å². The smallest absolute Gasteiger partial charge is 0.168 e. The summed E-state index contributed by atoms with van der Waals surface area (Å²) < 4.78 is 4.91. The van der Waals surface area contributed by atoms with Crippen LogP contribution in [0.15, 0.2) is 115 Å². The van der Waals surface area contributed by atoms with E-state index in [1.807, 2.05) is 35.6 Å². The highest BCUT2D eigenvalue weighted by Gasteiger charge is 2.18. The number of aryl methyl sites for hydroxylation is 2. The lowest BCUT2D eigenvalue weighted by atomic mass is 9.96. The molecule has 0 bridgehead atoms. The average Bonchev–Trinajstić information content (AvgIpc) is 3.69.